The summed E-state index contributed by atoms with van der Waals surface area (Å²) in [7, 11) is -3.25. The predicted octanol–water partition coefficient (Wildman–Crippen LogP) is 5.20. The van der Waals surface area contributed by atoms with Crippen molar-refractivity contribution in [2.45, 2.75) is 57.5 Å². The summed E-state index contributed by atoms with van der Waals surface area (Å²) < 4.78 is 14.1. The van der Waals surface area contributed by atoms with E-state index in [0.717, 1.165) is 19.3 Å². The second-order valence-electron chi connectivity index (χ2n) is 6.74. The SMILES string of the molecule is CCCCCCCCC(C(=O)O)P(=O)(c1ccccc1)c1ccccc1. The summed E-state index contributed by atoms with van der Waals surface area (Å²) >= 11 is 0. The van der Waals surface area contributed by atoms with E-state index in [1.54, 1.807) is 24.3 Å². The van der Waals surface area contributed by atoms with Crippen molar-refractivity contribution >= 4 is 23.7 Å². The molecule has 1 N–H and O–H groups in total. The van der Waals surface area contributed by atoms with E-state index in [1.807, 2.05) is 36.4 Å². The molecule has 0 fully saturated rings. The minimum absolute atomic E-state index is 0.447. The maximum Gasteiger partial charge on any atom is 0.314 e. The van der Waals surface area contributed by atoms with Gasteiger partial charge in [-0.25, -0.2) is 0 Å². The van der Waals surface area contributed by atoms with E-state index >= 15 is 0 Å². The van der Waals surface area contributed by atoms with Crippen LogP contribution in [-0.4, -0.2) is 16.7 Å². The van der Waals surface area contributed by atoms with Crippen LogP contribution in [-0.2, 0) is 9.36 Å². The van der Waals surface area contributed by atoms with Gasteiger partial charge in [-0.05, 0) is 6.42 Å². The van der Waals surface area contributed by atoms with Gasteiger partial charge in [-0.1, -0.05) is 106 Å². The number of rotatable bonds is 11. The lowest BCUT2D eigenvalue weighted by atomic mass is 10.1. The van der Waals surface area contributed by atoms with Crippen LogP contribution in [0.5, 0.6) is 0 Å². The number of carboxylic acids is 1. The van der Waals surface area contributed by atoms with E-state index in [0.29, 0.717) is 17.0 Å². The van der Waals surface area contributed by atoms with Crippen LogP contribution < -0.4 is 10.6 Å². The quantitative estimate of drug-likeness (QED) is 0.435. The molecule has 0 heterocycles. The summed E-state index contributed by atoms with van der Waals surface area (Å²) in [5, 5.41) is 11.2. The molecular formula is C22H29O3P. The molecule has 2 aromatic rings. The molecule has 1 unspecified atom stereocenters. The third-order valence-corrected chi connectivity index (χ3v) is 8.32. The van der Waals surface area contributed by atoms with Crippen LogP contribution in [0, 0.1) is 0 Å². The second kappa shape index (κ2) is 10.3. The van der Waals surface area contributed by atoms with Gasteiger partial charge < -0.3 is 9.67 Å². The van der Waals surface area contributed by atoms with Crippen molar-refractivity contribution in [3.8, 4) is 0 Å². The lowest BCUT2D eigenvalue weighted by Gasteiger charge is -2.26. The average molecular weight is 372 g/mol. The zero-order valence-corrected chi connectivity index (χ0v) is 16.4. The fourth-order valence-electron chi connectivity index (χ4n) is 3.39. The Balaban J connectivity index is 2.27. The molecule has 0 aliphatic heterocycles. The molecule has 0 saturated heterocycles. The van der Waals surface area contributed by atoms with Crippen LogP contribution >= 0.6 is 7.14 Å². The molecule has 4 heteroatoms. The van der Waals surface area contributed by atoms with E-state index in [2.05, 4.69) is 6.92 Å². The molecule has 0 bridgehead atoms. The minimum atomic E-state index is -3.25. The Morgan fingerprint density at radius 3 is 1.77 bits per heavy atom. The number of hydrogen-bond acceptors (Lipinski definition) is 2. The standard InChI is InChI=1S/C22H29O3P/c1-2-3-4-5-6-13-18-21(22(23)24)26(25,19-14-9-7-10-15-19)20-16-11-8-12-17-20/h7-12,14-17,21H,2-6,13,18H2,1H3,(H,23,24). The van der Waals surface area contributed by atoms with Crippen molar-refractivity contribution in [3.05, 3.63) is 60.7 Å². The smallest absolute Gasteiger partial charge is 0.314 e. The lowest BCUT2D eigenvalue weighted by molar-refractivity contribution is -0.136. The summed E-state index contributed by atoms with van der Waals surface area (Å²) in [6.45, 7) is 2.18. The number of aliphatic carboxylic acids is 1. The van der Waals surface area contributed by atoms with Crippen LogP contribution in [0.4, 0.5) is 0 Å². The molecule has 2 rings (SSSR count). The first kappa shape index (κ1) is 20.5. The average Bonchev–Trinajstić information content (AvgIpc) is 2.68. The van der Waals surface area contributed by atoms with Gasteiger partial charge in [0.25, 0.3) is 0 Å². The maximum atomic E-state index is 14.1. The zero-order valence-electron chi connectivity index (χ0n) is 15.5. The second-order valence-corrected chi connectivity index (χ2v) is 9.71. The Bertz CT molecular complexity index is 669. The molecule has 0 saturated carbocycles. The van der Waals surface area contributed by atoms with Gasteiger partial charge >= 0.3 is 5.97 Å². The Hall–Kier alpha value is -1.86. The molecule has 2 aromatic carbocycles. The predicted molar refractivity (Wildman–Crippen MR) is 109 cm³/mol. The van der Waals surface area contributed by atoms with Crippen molar-refractivity contribution in [2.75, 3.05) is 0 Å². The summed E-state index contributed by atoms with van der Waals surface area (Å²) in [5.74, 6) is -0.963. The third-order valence-electron chi connectivity index (χ3n) is 4.83. The van der Waals surface area contributed by atoms with E-state index in [9.17, 15) is 14.5 Å². The molecule has 3 nitrogen and oxygen atoms in total. The number of unbranched alkanes of at least 4 members (excludes halogenated alkanes) is 5. The van der Waals surface area contributed by atoms with Crippen LogP contribution in [0.2, 0.25) is 0 Å². The summed E-state index contributed by atoms with van der Waals surface area (Å²) in [6.07, 6.45) is 6.94. The molecular weight excluding hydrogens is 343 g/mol. The molecule has 0 aliphatic rings. The summed E-state index contributed by atoms with van der Waals surface area (Å²) in [5.41, 5.74) is -0.876. The van der Waals surface area contributed by atoms with Crippen LogP contribution in [0.1, 0.15) is 51.9 Å². The Morgan fingerprint density at radius 2 is 1.31 bits per heavy atom. The monoisotopic (exact) mass is 372 g/mol. The van der Waals surface area contributed by atoms with Gasteiger partial charge in [0, 0.05) is 10.6 Å². The van der Waals surface area contributed by atoms with Gasteiger partial charge in [0.05, 0.1) is 0 Å². The molecule has 26 heavy (non-hydrogen) atoms. The van der Waals surface area contributed by atoms with E-state index in [4.69, 9.17) is 0 Å². The normalized spacial score (nSPS) is 12.7. The highest BCUT2D eigenvalue weighted by Gasteiger charge is 2.40. The zero-order chi connectivity index (χ0) is 18.8. The lowest BCUT2D eigenvalue weighted by Crippen LogP contribution is -2.31. The third kappa shape index (κ3) is 5.08. The largest absolute Gasteiger partial charge is 0.481 e. The number of carbonyl (C=O) groups is 1. The fraction of sp³-hybridized carbons (Fsp3) is 0.409. The Morgan fingerprint density at radius 1 is 0.846 bits per heavy atom. The van der Waals surface area contributed by atoms with Crippen molar-refractivity contribution in [2.24, 2.45) is 0 Å². The minimum Gasteiger partial charge on any atom is -0.481 e. The van der Waals surface area contributed by atoms with Crippen molar-refractivity contribution in [1.82, 2.24) is 0 Å². The molecule has 0 aromatic heterocycles. The first-order chi connectivity index (χ1) is 12.6. The fourth-order valence-corrected chi connectivity index (χ4v) is 6.49. The summed E-state index contributed by atoms with van der Waals surface area (Å²) in [4.78, 5) is 12.1. The molecule has 0 spiro atoms. The van der Waals surface area contributed by atoms with E-state index < -0.39 is 18.8 Å². The molecule has 0 radical (unpaired) electrons. The Labute approximate surface area is 156 Å². The molecule has 0 aliphatic carbocycles. The number of carboxylic acid groups (broad SMARTS) is 1. The first-order valence-electron chi connectivity index (χ1n) is 9.54. The highest BCUT2D eigenvalue weighted by Crippen LogP contribution is 2.50. The van der Waals surface area contributed by atoms with Gasteiger partial charge in [-0.15, -0.1) is 0 Å². The van der Waals surface area contributed by atoms with Crippen LogP contribution in [0.15, 0.2) is 60.7 Å². The van der Waals surface area contributed by atoms with Crippen molar-refractivity contribution < 1.29 is 14.5 Å². The van der Waals surface area contributed by atoms with Gasteiger partial charge in [-0.2, -0.15) is 0 Å². The van der Waals surface area contributed by atoms with Gasteiger partial charge in [0.15, 0.2) is 7.14 Å². The van der Waals surface area contributed by atoms with Gasteiger partial charge in [0.2, 0.25) is 0 Å². The molecule has 0 amide bonds. The highest BCUT2D eigenvalue weighted by atomic mass is 31.2. The van der Waals surface area contributed by atoms with Crippen LogP contribution in [0.3, 0.4) is 0 Å². The van der Waals surface area contributed by atoms with Crippen LogP contribution in [0.25, 0.3) is 0 Å². The van der Waals surface area contributed by atoms with Gasteiger partial charge in [0.1, 0.15) is 5.66 Å². The van der Waals surface area contributed by atoms with Crippen molar-refractivity contribution in [1.29, 1.82) is 0 Å². The van der Waals surface area contributed by atoms with E-state index in [-0.39, 0.29) is 0 Å². The first-order valence-corrected chi connectivity index (χ1v) is 11.3. The molecule has 140 valence electrons. The number of hydrogen-bond donors (Lipinski definition) is 1. The topological polar surface area (TPSA) is 54.4 Å². The molecule has 1 atom stereocenters. The number of benzene rings is 2. The summed E-state index contributed by atoms with van der Waals surface area (Å²) in [6, 6.07) is 18.2. The highest BCUT2D eigenvalue weighted by molar-refractivity contribution is 7.80. The Kier molecular flexibility index (Phi) is 8.12. The van der Waals surface area contributed by atoms with E-state index in [1.165, 1.54) is 19.3 Å². The van der Waals surface area contributed by atoms with Gasteiger partial charge in [-0.3, -0.25) is 4.79 Å². The maximum absolute atomic E-state index is 14.1. The van der Waals surface area contributed by atoms with Crippen molar-refractivity contribution in [3.63, 3.8) is 0 Å².